The van der Waals surface area contributed by atoms with Crippen LogP contribution in [0.1, 0.15) is 31.3 Å². The highest BCUT2D eigenvalue weighted by atomic mass is 16.5. The number of aromatic nitrogens is 2. The first-order chi connectivity index (χ1) is 10.7. The second kappa shape index (κ2) is 6.20. The molecule has 0 saturated carbocycles. The van der Waals surface area contributed by atoms with Crippen LogP contribution in [0.15, 0.2) is 48.5 Å². The molecule has 22 heavy (non-hydrogen) atoms. The predicted molar refractivity (Wildman–Crippen MR) is 87.1 cm³/mol. The van der Waals surface area contributed by atoms with Crippen LogP contribution < -0.4 is 4.74 Å². The number of ether oxygens (including phenoxy) is 1. The van der Waals surface area contributed by atoms with Crippen molar-refractivity contribution in [3.63, 3.8) is 0 Å². The van der Waals surface area contributed by atoms with E-state index in [0.29, 0.717) is 12.4 Å². The smallest absolute Gasteiger partial charge is 0.136 e. The van der Waals surface area contributed by atoms with E-state index in [9.17, 15) is 5.11 Å². The molecule has 0 aliphatic rings. The molecule has 1 N–H and O–H groups in total. The van der Waals surface area contributed by atoms with E-state index in [1.165, 1.54) is 5.56 Å². The molecule has 1 heterocycles. The Morgan fingerprint density at radius 3 is 2.64 bits per heavy atom. The summed E-state index contributed by atoms with van der Waals surface area (Å²) >= 11 is 0. The lowest BCUT2D eigenvalue weighted by Crippen LogP contribution is -2.10. The maximum absolute atomic E-state index is 9.67. The Morgan fingerprint density at radius 1 is 1.18 bits per heavy atom. The molecule has 3 rings (SSSR count). The van der Waals surface area contributed by atoms with Crippen LogP contribution in [0.5, 0.6) is 5.75 Å². The van der Waals surface area contributed by atoms with Gasteiger partial charge in [0.25, 0.3) is 0 Å². The minimum atomic E-state index is -0.0875. The van der Waals surface area contributed by atoms with Crippen molar-refractivity contribution in [1.29, 1.82) is 0 Å². The van der Waals surface area contributed by atoms with Crippen molar-refractivity contribution in [3.05, 3.63) is 59.9 Å². The van der Waals surface area contributed by atoms with E-state index >= 15 is 0 Å². The third-order valence-corrected chi connectivity index (χ3v) is 3.86. The number of rotatable bonds is 5. The average Bonchev–Trinajstić information content (AvgIpc) is 2.93. The monoisotopic (exact) mass is 296 g/mol. The zero-order valence-electron chi connectivity index (χ0n) is 12.9. The molecular weight excluding hydrogens is 276 g/mol. The molecule has 0 radical (unpaired) electrons. The van der Waals surface area contributed by atoms with Crippen molar-refractivity contribution in [1.82, 2.24) is 9.55 Å². The molecule has 0 amide bonds. The first-order valence-electron chi connectivity index (χ1n) is 7.54. The summed E-state index contributed by atoms with van der Waals surface area (Å²) in [6, 6.07) is 16.2. The summed E-state index contributed by atoms with van der Waals surface area (Å²) < 4.78 is 7.61. The number of hydrogen-bond acceptors (Lipinski definition) is 3. The van der Waals surface area contributed by atoms with Crippen molar-refractivity contribution < 1.29 is 9.84 Å². The van der Waals surface area contributed by atoms with Gasteiger partial charge in [-0.3, -0.25) is 0 Å². The molecule has 0 fully saturated rings. The molecule has 1 unspecified atom stereocenters. The molecule has 3 aromatic rings. The van der Waals surface area contributed by atoms with E-state index in [2.05, 4.69) is 28.6 Å². The molecular formula is C18H20N2O2. The van der Waals surface area contributed by atoms with E-state index in [0.717, 1.165) is 16.8 Å². The van der Waals surface area contributed by atoms with E-state index in [1.54, 1.807) is 0 Å². The van der Waals surface area contributed by atoms with Crippen LogP contribution in [-0.2, 0) is 6.61 Å². The Labute approximate surface area is 130 Å². The molecule has 1 aromatic heterocycles. The molecule has 4 nitrogen and oxygen atoms in total. The van der Waals surface area contributed by atoms with Crippen LogP contribution in [0.3, 0.4) is 0 Å². The summed E-state index contributed by atoms with van der Waals surface area (Å²) in [7, 11) is 0. The Bertz CT molecular complexity index is 765. The largest absolute Gasteiger partial charge is 0.494 e. The van der Waals surface area contributed by atoms with Crippen LogP contribution in [0.4, 0.5) is 0 Å². The lowest BCUT2D eigenvalue weighted by Gasteiger charge is -2.17. The average molecular weight is 296 g/mol. The van der Waals surface area contributed by atoms with Gasteiger partial charge in [0.1, 0.15) is 18.2 Å². The Balaban J connectivity index is 2.11. The summed E-state index contributed by atoms with van der Waals surface area (Å²) in [4.78, 5) is 4.55. The van der Waals surface area contributed by atoms with Gasteiger partial charge in [-0.25, -0.2) is 4.98 Å². The van der Waals surface area contributed by atoms with Crippen LogP contribution in [0.2, 0.25) is 0 Å². The molecule has 0 bridgehead atoms. The predicted octanol–water partition coefficient (Wildman–Crippen LogP) is 3.54. The van der Waals surface area contributed by atoms with Crippen molar-refractivity contribution in [2.75, 3.05) is 6.61 Å². The van der Waals surface area contributed by atoms with Gasteiger partial charge < -0.3 is 14.4 Å². The van der Waals surface area contributed by atoms with Gasteiger partial charge in [-0.1, -0.05) is 30.3 Å². The van der Waals surface area contributed by atoms with Crippen LogP contribution in [0.25, 0.3) is 11.0 Å². The van der Waals surface area contributed by atoms with Crippen LogP contribution >= 0.6 is 0 Å². The Hall–Kier alpha value is -2.33. The maximum atomic E-state index is 9.67. The Kier molecular flexibility index (Phi) is 4.11. The highest BCUT2D eigenvalue weighted by Crippen LogP contribution is 2.28. The van der Waals surface area contributed by atoms with E-state index in [-0.39, 0.29) is 12.6 Å². The molecule has 1 atom stereocenters. The van der Waals surface area contributed by atoms with E-state index in [1.807, 2.05) is 43.3 Å². The van der Waals surface area contributed by atoms with Gasteiger partial charge in [0, 0.05) is 6.07 Å². The van der Waals surface area contributed by atoms with Gasteiger partial charge in [-0.2, -0.15) is 0 Å². The molecule has 4 heteroatoms. The van der Waals surface area contributed by atoms with Crippen LogP contribution in [0, 0.1) is 0 Å². The van der Waals surface area contributed by atoms with Gasteiger partial charge in [-0.05, 0) is 31.5 Å². The lowest BCUT2D eigenvalue weighted by atomic mass is 10.1. The summed E-state index contributed by atoms with van der Waals surface area (Å²) in [5.74, 6) is 1.47. The van der Waals surface area contributed by atoms with Crippen molar-refractivity contribution >= 4 is 11.0 Å². The van der Waals surface area contributed by atoms with E-state index in [4.69, 9.17) is 4.74 Å². The van der Waals surface area contributed by atoms with Crippen molar-refractivity contribution in [3.8, 4) is 5.75 Å². The second-order valence-corrected chi connectivity index (χ2v) is 5.23. The number of fused-ring (bicyclic) bond motifs is 1. The fraction of sp³-hybridized carbons (Fsp3) is 0.278. The zero-order chi connectivity index (χ0) is 15.5. The third kappa shape index (κ3) is 2.57. The van der Waals surface area contributed by atoms with Crippen molar-refractivity contribution in [2.45, 2.75) is 26.5 Å². The number of aliphatic hydroxyl groups is 1. The normalized spacial score (nSPS) is 12.5. The van der Waals surface area contributed by atoms with Crippen molar-refractivity contribution in [2.24, 2.45) is 0 Å². The summed E-state index contributed by atoms with van der Waals surface area (Å²) in [6.45, 7) is 4.61. The third-order valence-electron chi connectivity index (χ3n) is 3.86. The highest BCUT2D eigenvalue weighted by molar-refractivity contribution is 5.78. The molecule has 0 aliphatic carbocycles. The molecule has 0 spiro atoms. The topological polar surface area (TPSA) is 47.3 Å². The summed E-state index contributed by atoms with van der Waals surface area (Å²) in [6.07, 6.45) is 0. The number of aliphatic hydroxyl groups excluding tert-OH is 1. The standard InChI is InChI=1S/C18H20N2O2/c1-3-22-15-9-10-17-16(11-15)19-18(12-21)20(17)13(2)14-7-5-4-6-8-14/h4-11,13,21H,3,12H2,1-2H3. The number of nitrogens with zero attached hydrogens (tertiary/aromatic N) is 2. The van der Waals surface area contributed by atoms with Gasteiger partial charge in [0.2, 0.25) is 0 Å². The summed E-state index contributed by atoms with van der Waals surface area (Å²) in [5.41, 5.74) is 3.03. The maximum Gasteiger partial charge on any atom is 0.136 e. The number of benzene rings is 2. The molecule has 0 aliphatic heterocycles. The lowest BCUT2D eigenvalue weighted by molar-refractivity contribution is 0.264. The second-order valence-electron chi connectivity index (χ2n) is 5.23. The fourth-order valence-corrected chi connectivity index (χ4v) is 2.81. The number of imidazole rings is 1. The SMILES string of the molecule is CCOc1ccc2c(c1)nc(CO)n2C(C)c1ccccc1. The molecule has 2 aromatic carbocycles. The zero-order valence-corrected chi connectivity index (χ0v) is 12.9. The van der Waals surface area contributed by atoms with Crippen LogP contribution in [-0.4, -0.2) is 21.3 Å². The fourth-order valence-electron chi connectivity index (χ4n) is 2.81. The molecule has 0 saturated heterocycles. The highest BCUT2D eigenvalue weighted by Gasteiger charge is 2.17. The minimum Gasteiger partial charge on any atom is -0.494 e. The summed E-state index contributed by atoms with van der Waals surface area (Å²) in [5, 5.41) is 9.67. The van der Waals surface area contributed by atoms with Gasteiger partial charge in [0.05, 0.1) is 23.7 Å². The minimum absolute atomic E-state index is 0.0875. The van der Waals surface area contributed by atoms with Gasteiger partial charge in [-0.15, -0.1) is 0 Å². The van der Waals surface area contributed by atoms with Gasteiger partial charge >= 0.3 is 0 Å². The number of hydrogen-bond donors (Lipinski definition) is 1. The Morgan fingerprint density at radius 2 is 1.95 bits per heavy atom. The van der Waals surface area contributed by atoms with Gasteiger partial charge in [0.15, 0.2) is 0 Å². The quantitative estimate of drug-likeness (QED) is 0.783. The first-order valence-corrected chi connectivity index (χ1v) is 7.54. The first kappa shape index (κ1) is 14.6. The van der Waals surface area contributed by atoms with E-state index < -0.39 is 0 Å². The molecule has 114 valence electrons.